The molecule has 0 radical (unpaired) electrons. The highest BCUT2D eigenvalue weighted by Gasteiger charge is 2.41. The van der Waals surface area contributed by atoms with Gasteiger partial charge in [0.1, 0.15) is 0 Å². The van der Waals surface area contributed by atoms with Gasteiger partial charge in [0.2, 0.25) is 5.91 Å². The number of hydrogen-bond donors (Lipinski definition) is 1. The molecule has 0 spiro atoms. The fourth-order valence-corrected chi connectivity index (χ4v) is 4.38. The first-order chi connectivity index (χ1) is 9.01. The maximum atomic E-state index is 12.7. The third-order valence-electron chi connectivity index (χ3n) is 4.29. The van der Waals surface area contributed by atoms with E-state index in [1.165, 1.54) is 12.8 Å². The van der Waals surface area contributed by atoms with E-state index in [4.69, 9.17) is 0 Å². The first-order valence-corrected chi connectivity index (χ1v) is 8.66. The van der Waals surface area contributed by atoms with Crippen molar-refractivity contribution in [2.24, 2.45) is 5.92 Å². The predicted molar refractivity (Wildman–Crippen MR) is 82.5 cm³/mol. The van der Waals surface area contributed by atoms with Gasteiger partial charge >= 0.3 is 0 Å². The third-order valence-corrected chi connectivity index (χ3v) is 5.80. The predicted octanol–water partition coefficient (Wildman–Crippen LogP) is 2.51. The molecule has 4 heteroatoms. The molecule has 2 aliphatic rings. The zero-order chi connectivity index (χ0) is 13.9. The molecule has 2 rings (SSSR count). The highest BCUT2D eigenvalue weighted by molar-refractivity contribution is 8.01. The van der Waals surface area contributed by atoms with E-state index in [0.29, 0.717) is 17.9 Å². The summed E-state index contributed by atoms with van der Waals surface area (Å²) in [5, 5.41) is 3.51. The van der Waals surface area contributed by atoms with Gasteiger partial charge in [0.25, 0.3) is 0 Å². The summed E-state index contributed by atoms with van der Waals surface area (Å²) in [7, 11) is 0. The van der Waals surface area contributed by atoms with Gasteiger partial charge in [-0.25, -0.2) is 0 Å². The summed E-state index contributed by atoms with van der Waals surface area (Å²) in [4.78, 5) is 14.8. The van der Waals surface area contributed by atoms with Crippen molar-refractivity contribution in [3.63, 3.8) is 0 Å². The molecular weight excluding hydrogens is 256 g/mol. The lowest BCUT2D eigenvalue weighted by atomic mass is 9.95. The Labute approximate surface area is 121 Å². The summed E-state index contributed by atoms with van der Waals surface area (Å²) in [6.45, 7) is 9.47. The second kappa shape index (κ2) is 6.49. The summed E-state index contributed by atoms with van der Waals surface area (Å²) in [5.74, 6) is 2.17. The highest BCUT2D eigenvalue weighted by Crippen LogP contribution is 2.39. The Balaban J connectivity index is 1.88. The van der Waals surface area contributed by atoms with Crippen LogP contribution in [0.25, 0.3) is 0 Å². The lowest BCUT2D eigenvalue weighted by molar-refractivity contribution is -0.135. The number of amides is 1. The molecule has 2 saturated heterocycles. The molecule has 3 nitrogen and oxygen atoms in total. The number of nitrogens with one attached hydrogen (secondary N) is 1. The fourth-order valence-electron chi connectivity index (χ4n) is 3.10. The standard InChI is InChI=1S/C15H28N2OS/c1-12(2)16-10-13-6-4-8-17(11-13)14(18)15(3)7-5-9-19-15/h12-13,16H,4-11H2,1-3H3. The van der Waals surface area contributed by atoms with E-state index >= 15 is 0 Å². The molecule has 2 atom stereocenters. The van der Waals surface area contributed by atoms with E-state index in [-0.39, 0.29) is 4.75 Å². The minimum absolute atomic E-state index is 0.132. The molecule has 2 fully saturated rings. The number of carbonyl (C=O) groups excluding carboxylic acids is 1. The van der Waals surface area contributed by atoms with E-state index in [9.17, 15) is 4.79 Å². The van der Waals surface area contributed by atoms with E-state index < -0.39 is 0 Å². The van der Waals surface area contributed by atoms with Crippen LogP contribution in [0.4, 0.5) is 0 Å². The Morgan fingerprint density at radius 3 is 2.89 bits per heavy atom. The average Bonchev–Trinajstić information content (AvgIpc) is 2.84. The summed E-state index contributed by atoms with van der Waals surface area (Å²) in [6, 6.07) is 0.536. The number of thioether (sulfide) groups is 1. The van der Waals surface area contributed by atoms with E-state index in [1.807, 2.05) is 11.8 Å². The Morgan fingerprint density at radius 1 is 1.47 bits per heavy atom. The lowest BCUT2D eigenvalue weighted by Gasteiger charge is -2.37. The molecule has 1 N–H and O–H groups in total. The molecule has 0 aromatic rings. The van der Waals surface area contributed by atoms with Crippen LogP contribution in [0.3, 0.4) is 0 Å². The van der Waals surface area contributed by atoms with Gasteiger partial charge < -0.3 is 10.2 Å². The first-order valence-electron chi connectivity index (χ1n) is 7.68. The van der Waals surface area contributed by atoms with Crippen molar-refractivity contribution < 1.29 is 4.79 Å². The third kappa shape index (κ3) is 3.88. The van der Waals surface area contributed by atoms with Gasteiger partial charge in [-0.1, -0.05) is 13.8 Å². The molecule has 2 unspecified atom stereocenters. The molecular formula is C15H28N2OS. The molecule has 1 amide bonds. The van der Waals surface area contributed by atoms with Crippen LogP contribution < -0.4 is 5.32 Å². The van der Waals surface area contributed by atoms with Gasteiger partial charge in [-0.05, 0) is 50.8 Å². The van der Waals surface area contributed by atoms with Crippen LogP contribution >= 0.6 is 11.8 Å². The second-order valence-corrected chi connectivity index (χ2v) is 8.10. The minimum atomic E-state index is -0.132. The van der Waals surface area contributed by atoms with Crippen molar-refractivity contribution in [3.8, 4) is 0 Å². The number of hydrogen-bond acceptors (Lipinski definition) is 3. The molecule has 0 aliphatic carbocycles. The second-order valence-electron chi connectivity index (χ2n) is 6.51. The van der Waals surface area contributed by atoms with Gasteiger partial charge in [-0.15, -0.1) is 11.8 Å². The highest BCUT2D eigenvalue weighted by atomic mass is 32.2. The summed E-state index contributed by atoms with van der Waals surface area (Å²) in [6.07, 6.45) is 4.67. The van der Waals surface area contributed by atoms with Gasteiger partial charge in [-0.3, -0.25) is 4.79 Å². The summed E-state index contributed by atoms with van der Waals surface area (Å²) >= 11 is 1.86. The first kappa shape index (κ1) is 15.2. The van der Waals surface area contributed by atoms with Crippen LogP contribution in [-0.4, -0.2) is 47.0 Å². The van der Waals surface area contributed by atoms with E-state index in [2.05, 4.69) is 31.0 Å². The van der Waals surface area contributed by atoms with Crippen molar-refractivity contribution in [1.29, 1.82) is 0 Å². The number of carbonyl (C=O) groups is 1. The van der Waals surface area contributed by atoms with Crippen molar-refractivity contribution in [1.82, 2.24) is 10.2 Å². The average molecular weight is 284 g/mol. The quantitative estimate of drug-likeness (QED) is 0.861. The molecule has 2 heterocycles. The fraction of sp³-hybridized carbons (Fsp3) is 0.933. The van der Waals surface area contributed by atoms with E-state index in [0.717, 1.165) is 38.2 Å². The molecule has 19 heavy (non-hydrogen) atoms. The van der Waals surface area contributed by atoms with Gasteiger partial charge in [0.15, 0.2) is 0 Å². The maximum absolute atomic E-state index is 12.7. The Kier molecular flexibility index (Phi) is 5.18. The van der Waals surface area contributed by atoms with E-state index in [1.54, 1.807) is 0 Å². The molecule has 0 aromatic carbocycles. The van der Waals surface area contributed by atoms with Crippen LogP contribution in [0.2, 0.25) is 0 Å². The Bertz CT molecular complexity index is 313. The number of rotatable bonds is 4. The Morgan fingerprint density at radius 2 is 2.26 bits per heavy atom. The van der Waals surface area contributed by atoms with Crippen molar-refractivity contribution >= 4 is 17.7 Å². The smallest absolute Gasteiger partial charge is 0.238 e. The number of likely N-dealkylation sites (tertiary alicyclic amines) is 1. The van der Waals surface area contributed by atoms with Crippen LogP contribution in [0.1, 0.15) is 46.5 Å². The monoisotopic (exact) mass is 284 g/mol. The Hall–Kier alpha value is -0.220. The van der Waals surface area contributed by atoms with Gasteiger partial charge in [0.05, 0.1) is 4.75 Å². The van der Waals surface area contributed by atoms with Crippen molar-refractivity contribution in [3.05, 3.63) is 0 Å². The summed E-state index contributed by atoms with van der Waals surface area (Å²) in [5.41, 5.74) is 0. The minimum Gasteiger partial charge on any atom is -0.341 e. The molecule has 0 saturated carbocycles. The zero-order valence-corrected chi connectivity index (χ0v) is 13.4. The molecule has 0 bridgehead atoms. The van der Waals surface area contributed by atoms with Crippen LogP contribution in [0.15, 0.2) is 0 Å². The molecule has 110 valence electrons. The van der Waals surface area contributed by atoms with Crippen molar-refractivity contribution in [2.75, 3.05) is 25.4 Å². The normalized spacial score (nSPS) is 32.0. The summed E-state index contributed by atoms with van der Waals surface area (Å²) < 4.78 is -0.132. The lowest BCUT2D eigenvalue weighted by Crippen LogP contribution is -2.49. The van der Waals surface area contributed by atoms with Gasteiger partial charge in [0, 0.05) is 19.1 Å². The van der Waals surface area contributed by atoms with Crippen LogP contribution in [0.5, 0.6) is 0 Å². The topological polar surface area (TPSA) is 32.3 Å². The van der Waals surface area contributed by atoms with Crippen LogP contribution in [-0.2, 0) is 4.79 Å². The van der Waals surface area contributed by atoms with Crippen LogP contribution in [0, 0.1) is 5.92 Å². The number of nitrogens with zero attached hydrogens (tertiary/aromatic N) is 1. The largest absolute Gasteiger partial charge is 0.341 e. The zero-order valence-electron chi connectivity index (χ0n) is 12.6. The SMILES string of the molecule is CC(C)NCC1CCCN(C(=O)C2(C)CCCS2)C1. The molecule has 2 aliphatic heterocycles. The number of piperidine rings is 1. The molecule has 0 aromatic heterocycles. The van der Waals surface area contributed by atoms with Crippen molar-refractivity contribution in [2.45, 2.75) is 57.2 Å². The van der Waals surface area contributed by atoms with Gasteiger partial charge in [-0.2, -0.15) is 0 Å². The maximum Gasteiger partial charge on any atom is 0.238 e.